The van der Waals surface area contributed by atoms with Crippen molar-refractivity contribution in [3.05, 3.63) is 23.8 Å². The number of carbonyl (C=O) groups is 1. The van der Waals surface area contributed by atoms with E-state index in [0.29, 0.717) is 26.1 Å². The van der Waals surface area contributed by atoms with Crippen molar-refractivity contribution in [3.63, 3.8) is 0 Å². The van der Waals surface area contributed by atoms with Crippen molar-refractivity contribution in [3.8, 4) is 11.5 Å². The van der Waals surface area contributed by atoms with Gasteiger partial charge in [-0.3, -0.25) is 4.79 Å². The van der Waals surface area contributed by atoms with E-state index in [-0.39, 0.29) is 12.8 Å². The Morgan fingerprint density at radius 2 is 2.17 bits per heavy atom. The number of hydrogen-bond acceptors (Lipinski definition) is 5. The summed E-state index contributed by atoms with van der Waals surface area (Å²) in [6.07, 6.45) is 1.05. The molecule has 2 rings (SSSR count). The van der Waals surface area contributed by atoms with E-state index in [0.717, 1.165) is 17.1 Å². The Hall–Kier alpha value is -1.75. The average Bonchev–Trinajstić information content (AvgIpc) is 2.85. The lowest BCUT2D eigenvalue weighted by Crippen LogP contribution is -2.03. The van der Waals surface area contributed by atoms with Crippen molar-refractivity contribution in [1.82, 2.24) is 0 Å². The van der Waals surface area contributed by atoms with Crippen LogP contribution in [0.4, 0.5) is 0 Å². The maximum Gasteiger partial charge on any atom is 0.305 e. The topological polar surface area (TPSA) is 54.0 Å². The van der Waals surface area contributed by atoms with Gasteiger partial charge in [0, 0.05) is 13.0 Å². The molecular weight excluding hydrogens is 236 g/mol. The molecule has 0 radical (unpaired) electrons. The molecule has 5 nitrogen and oxygen atoms in total. The van der Waals surface area contributed by atoms with Crippen LogP contribution in [0.15, 0.2) is 18.2 Å². The molecule has 1 aromatic rings. The van der Waals surface area contributed by atoms with Gasteiger partial charge in [0.2, 0.25) is 6.79 Å². The predicted molar refractivity (Wildman–Crippen MR) is 63.5 cm³/mol. The van der Waals surface area contributed by atoms with Crippen LogP contribution in [0.5, 0.6) is 11.5 Å². The summed E-state index contributed by atoms with van der Waals surface area (Å²) >= 11 is 0. The second-order valence-electron chi connectivity index (χ2n) is 3.92. The first-order valence-corrected chi connectivity index (χ1v) is 5.82. The van der Waals surface area contributed by atoms with Crippen LogP contribution in [-0.4, -0.2) is 26.5 Å². The zero-order valence-corrected chi connectivity index (χ0v) is 10.3. The predicted octanol–water partition coefficient (Wildman–Crippen LogP) is 1.89. The Balaban J connectivity index is 1.69. The lowest BCUT2D eigenvalue weighted by molar-refractivity contribution is -0.141. The molecule has 0 saturated carbocycles. The third kappa shape index (κ3) is 3.37. The molecule has 0 N–H and O–H groups in total. The van der Waals surface area contributed by atoms with E-state index in [1.807, 2.05) is 18.2 Å². The summed E-state index contributed by atoms with van der Waals surface area (Å²) < 4.78 is 20.5. The molecule has 0 bridgehead atoms. The highest BCUT2D eigenvalue weighted by Crippen LogP contribution is 2.32. The third-order valence-corrected chi connectivity index (χ3v) is 2.60. The highest BCUT2D eigenvalue weighted by atomic mass is 16.7. The van der Waals surface area contributed by atoms with Crippen LogP contribution in [0.2, 0.25) is 0 Å². The Bertz CT molecular complexity index is 416. The maximum absolute atomic E-state index is 10.9. The Kier molecular flexibility index (Phi) is 4.41. The van der Waals surface area contributed by atoms with Crippen molar-refractivity contribution < 1.29 is 23.7 Å². The summed E-state index contributed by atoms with van der Waals surface area (Å²) in [6.45, 7) is 1.31. The average molecular weight is 252 g/mol. The molecule has 98 valence electrons. The molecule has 0 aromatic heterocycles. The smallest absolute Gasteiger partial charge is 0.305 e. The number of fused-ring (bicyclic) bond motifs is 1. The Morgan fingerprint density at radius 1 is 1.33 bits per heavy atom. The van der Waals surface area contributed by atoms with Crippen LogP contribution in [0, 0.1) is 0 Å². The van der Waals surface area contributed by atoms with Gasteiger partial charge in [-0.15, -0.1) is 0 Å². The minimum atomic E-state index is -0.207. The molecule has 0 amide bonds. The molecule has 1 aliphatic heterocycles. The fourth-order valence-corrected chi connectivity index (χ4v) is 1.64. The van der Waals surface area contributed by atoms with E-state index < -0.39 is 0 Å². The zero-order valence-electron chi connectivity index (χ0n) is 10.3. The van der Waals surface area contributed by atoms with Crippen molar-refractivity contribution in [2.45, 2.75) is 19.4 Å². The molecule has 5 heteroatoms. The number of methoxy groups -OCH3 is 1. The van der Waals surface area contributed by atoms with Crippen LogP contribution in [0.25, 0.3) is 0 Å². The summed E-state index contributed by atoms with van der Waals surface area (Å²) in [4.78, 5) is 10.9. The second kappa shape index (κ2) is 6.26. The first-order valence-electron chi connectivity index (χ1n) is 5.82. The molecule has 0 spiro atoms. The largest absolute Gasteiger partial charge is 0.469 e. The van der Waals surface area contributed by atoms with Gasteiger partial charge >= 0.3 is 5.97 Å². The minimum absolute atomic E-state index is 0.207. The summed E-state index contributed by atoms with van der Waals surface area (Å²) in [5.41, 5.74) is 1.03. The summed E-state index contributed by atoms with van der Waals surface area (Å²) in [7, 11) is 1.38. The van der Waals surface area contributed by atoms with Gasteiger partial charge in [0.25, 0.3) is 0 Å². The molecule has 0 fully saturated rings. The van der Waals surface area contributed by atoms with Gasteiger partial charge in [-0.1, -0.05) is 6.07 Å². The van der Waals surface area contributed by atoms with Crippen LogP contribution < -0.4 is 9.47 Å². The first kappa shape index (κ1) is 12.7. The third-order valence-electron chi connectivity index (χ3n) is 2.60. The van der Waals surface area contributed by atoms with Crippen molar-refractivity contribution in [2.75, 3.05) is 20.5 Å². The Morgan fingerprint density at radius 3 is 3.00 bits per heavy atom. The van der Waals surface area contributed by atoms with Gasteiger partial charge in [-0.05, 0) is 24.1 Å². The van der Waals surface area contributed by atoms with Crippen LogP contribution in [0.1, 0.15) is 18.4 Å². The fourth-order valence-electron chi connectivity index (χ4n) is 1.64. The lowest BCUT2D eigenvalue weighted by Gasteiger charge is -2.05. The van der Waals surface area contributed by atoms with Gasteiger partial charge in [-0.25, -0.2) is 0 Å². The summed E-state index contributed by atoms with van der Waals surface area (Å²) in [6, 6.07) is 5.71. The monoisotopic (exact) mass is 252 g/mol. The summed E-state index contributed by atoms with van der Waals surface area (Å²) in [5.74, 6) is 1.32. The molecule has 0 unspecified atom stereocenters. The van der Waals surface area contributed by atoms with E-state index in [4.69, 9.17) is 14.2 Å². The normalized spacial score (nSPS) is 12.5. The SMILES string of the molecule is COC(=O)CCCOCc1ccc2c(c1)OCO2. The highest BCUT2D eigenvalue weighted by Gasteiger charge is 2.12. The van der Waals surface area contributed by atoms with Gasteiger partial charge in [0.15, 0.2) is 11.5 Å². The molecule has 0 atom stereocenters. The van der Waals surface area contributed by atoms with Gasteiger partial charge in [0.1, 0.15) is 0 Å². The molecule has 1 heterocycles. The second-order valence-corrected chi connectivity index (χ2v) is 3.92. The van der Waals surface area contributed by atoms with Crippen molar-refractivity contribution in [1.29, 1.82) is 0 Å². The molecule has 0 saturated heterocycles. The minimum Gasteiger partial charge on any atom is -0.469 e. The van der Waals surface area contributed by atoms with E-state index >= 15 is 0 Å². The molecule has 1 aliphatic rings. The fraction of sp³-hybridized carbons (Fsp3) is 0.462. The number of rotatable bonds is 6. The number of hydrogen-bond donors (Lipinski definition) is 0. The van der Waals surface area contributed by atoms with E-state index in [1.165, 1.54) is 7.11 Å². The quantitative estimate of drug-likeness (QED) is 0.571. The van der Waals surface area contributed by atoms with E-state index in [9.17, 15) is 4.79 Å². The van der Waals surface area contributed by atoms with Crippen molar-refractivity contribution >= 4 is 5.97 Å². The van der Waals surface area contributed by atoms with Crippen LogP contribution in [-0.2, 0) is 20.9 Å². The number of benzene rings is 1. The zero-order chi connectivity index (χ0) is 12.8. The van der Waals surface area contributed by atoms with E-state index in [1.54, 1.807) is 0 Å². The molecular formula is C13H16O5. The maximum atomic E-state index is 10.9. The molecule has 0 aliphatic carbocycles. The highest BCUT2D eigenvalue weighted by molar-refractivity contribution is 5.68. The van der Waals surface area contributed by atoms with Crippen LogP contribution in [0.3, 0.4) is 0 Å². The van der Waals surface area contributed by atoms with Crippen LogP contribution >= 0.6 is 0 Å². The number of carbonyl (C=O) groups excluding carboxylic acids is 1. The number of esters is 1. The van der Waals surface area contributed by atoms with Gasteiger partial charge in [0.05, 0.1) is 13.7 Å². The van der Waals surface area contributed by atoms with E-state index in [2.05, 4.69) is 4.74 Å². The van der Waals surface area contributed by atoms with Crippen molar-refractivity contribution in [2.24, 2.45) is 0 Å². The summed E-state index contributed by atoms with van der Waals surface area (Å²) in [5, 5.41) is 0. The standard InChI is InChI=1S/C13H16O5/c1-15-13(14)3-2-6-16-8-10-4-5-11-12(7-10)18-9-17-11/h4-5,7H,2-3,6,8-9H2,1H3. The lowest BCUT2D eigenvalue weighted by atomic mass is 10.2. The van der Waals surface area contributed by atoms with Gasteiger partial charge < -0.3 is 18.9 Å². The molecule has 1 aromatic carbocycles. The van der Waals surface area contributed by atoms with Gasteiger partial charge in [-0.2, -0.15) is 0 Å². The molecule has 18 heavy (non-hydrogen) atoms. The first-order chi connectivity index (χ1) is 8.79. The Labute approximate surface area is 106 Å². The number of ether oxygens (including phenoxy) is 4.